The first-order chi connectivity index (χ1) is 15.1. The molecule has 0 amide bonds. The SMILES string of the molecule is COc1ccc(-c2c(C#N)c(N)nc3c2CCCCC3)cc1COc1ccc(C)cc1. The highest BCUT2D eigenvalue weighted by molar-refractivity contribution is 5.80. The van der Waals surface area contributed by atoms with Crippen molar-refractivity contribution in [3.8, 4) is 28.7 Å². The minimum atomic E-state index is 0.312. The largest absolute Gasteiger partial charge is 0.496 e. The van der Waals surface area contributed by atoms with Crippen molar-refractivity contribution in [2.75, 3.05) is 12.8 Å². The number of hydrogen-bond donors (Lipinski definition) is 1. The summed E-state index contributed by atoms with van der Waals surface area (Å²) in [7, 11) is 1.65. The van der Waals surface area contributed by atoms with Crippen LogP contribution in [0.5, 0.6) is 11.5 Å². The fraction of sp³-hybridized carbons (Fsp3) is 0.308. The van der Waals surface area contributed by atoms with Gasteiger partial charge in [0.25, 0.3) is 0 Å². The number of pyridine rings is 1. The van der Waals surface area contributed by atoms with Gasteiger partial charge in [-0.25, -0.2) is 4.98 Å². The number of aryl methyl sites for hydroxylation is 2. The van der Waals surface area contributed by atoms with E-state index in [1.165, 1.54) is 5.56 Å². The number of nitriles is 1. The molecule has 4 rings (SSSR count). The van der Waals surface area contributed by atoms with E-state index in [0.717, 1.165) is 71.6 Å². The molecule has 0 spiro atoms. The molecule has 3 aromatic rings. The quantitative estimate of drug-likeness (QED) is 0.569. The molecule has 5 nitrogen and oxygen atoms in total. The lowest BCUT2D eigenvalue weighted by molar-refractivity contribution is 0.296. The van der Waals surface area contributed by atoms with E-state index in [1.54, 1.807) is 7.11 Å². The molecule has 0 saturated heterocycles. The monoisotopic (exact) mass is 413 g/mol. The summed E-state index contributed by atoms with van der Waals surface area (Å²) in [6.45, 7) is 2.41. The molecular formula is C26H27N3O2. The first kappa shape index (κ1) is 20.7. The molecule has 0 aliphatic heterocycles. The number of nitrogens with two attached hydrogens (primary N) is 1. The van der Waals surface area contributed by atoms with Crippen LogP contribution in [-0.4, -0.2) is 12.1 Å². The fourth-order valence-electron chi connectivity index (χ4n) is 4.21. The van der Waals surface area contributed by atoms with Crippen LogP contribution in [-0.2, 0) is 19.4 Å². The highest BCUT2D eigenvalue weighted by Gasteiger charge is 2.22. The summed E-state index contributed by atoms with van der Waals surface area (Å²) in [5.41, 5.74) is 12.8. The second-order valence-corrected chi connectivity index (χ2v) is 7.97. The highest BCUT2D eigenvalue weighted by Crippen LogP contribution is 2.37. The standard InChI is InChI=1S/C26H27N3O2/c1-17-8-11-20(12-9-17)31-16-19-14-18(10-13-24(19)30-2)25-21-6-4-3-5-7-23(21)29-26(28)22(25)15-27/h8-14H,3-7,16H2,1-2H3,(H2,28,29). The Bertz CT molecular complexity index is 1130. The van der Waals surface area contributed by atoms with Gasteiger partial charge in [-0.2, -0.15) is 5.26 Å². The van der Waals surface area contributed by atoms with Crippen LogP contribution < -0.4 is 15.2 Å². The third kappa shape index (κ3) is 4.34. The summed E-state index contributed by atoms with van der Waals surface area (Å²) in [6.07, 6.45) is 5.17. The van der Waals surface area contributed by atoms with Gasteiger partial charge in [0.15, 0.2) is 0 Å². The van der Waals surface area contributed by atoms with E-state index in [4.69, 9.17) is 15.2 Å². The van der Waals surface area contributed by atoms with E-state index in [-0.39, 0.29) is 0 Å². The maximum atomic E-state index is 9.86. The van der Waals surface area contributed by atoms with Gasteiger partial charge in [-0.3, -0.25) is 0 Å². The van der Waals surface area contributed by atoms with E-state index in [2.05, 4.69) is 11.1 Å². The molecule has 0 unspecified atom stereocenters. The van der Waals surface area contributed by atoms with Gasteiger partial charge in [0.2, 0.25) is 0 Å². The first-order valence-corrected chi connectivity index (χ1v) is 10.7. The molecule has 0 saturated carbocycles. The summed E-state index contributed by atoms with van der Waals surface area (Å²) >= 11 is 0. The Hall–Kier alpha value is -3.52. The van der Waals surface area contributed by atoms with Crippen LogP contribution >= 0.6 is 0 Å². The van der Waals surface area contributed by atoms with Gasteiger partial charge >= 0.3 is 0 Å². The van der Waals surface area contributed by atoms with E-state index < -0.39 is 0 Å². The zero-order chi connectivity index (χ0) is 21.8. The van der Waals surface area contributed by atoms with Crippen molar-refractivity contribution in [2.24, 2.45) is 0 Å². The van der Waals surface area contributed by atoms with Gasteiger partial charge in [0, 0.05) is 16.8 Å². The average molecular weight is 414 g/mol. The van der Waals surface area contributed by atoms with Crippen molar-refractivity contribution in [1.29, 1.82) is 5.26 Å². The third-order valence-corrected chi connectivity index (χ3v) is 5.85. The first-order valence-electron chi connectivity index (χ1n) is 10.7. The number of anilines is 1. The number of aromatic nitrogens is 1. The van der Waals surface area contributed by atoms with Crippen LogP contribution in [0.25, 0.3) is 11.1 Å². The van der Waals surface area contributed by atoms with Crippen molar-refractivity contribution in [3.05, 3.63) is 70.4 Å². The molecule has 158 valence electrons. The van der Waals surface area contributed by atoms with Gasteiger partial charge in [0.1, 0.15) is 35.6 Å². The predicted octanol–water partition coefficient (Wildman–Crippen LogP) is 5.37. The molecule has 2 N–H and O–H groups in total. The van der Waals surface area contributed by atoms with E-state index in [1.807, 2.05) is 49.4 Å². The topological polar surface area (TPSA) is 81.2 Å². The van der Waals surface area contributed by atoms with Crippen LogP contribution in [0.2, 0.25) is 0 Å². The number of rotatable bonds is 5. The lowest BCUT2D eigenvalue weighted by Crippen LogP contribution is -2.07. The Morgan fingerprint density at radius 1 is 1.06 bits per heavy atom. The number of methoxy groups -OCH3 is 1. The van der Waals surface area contributed by atoms with Crippen molar-refractivity contribution in [2.45, 2.75) is 45.6 Å². The lowest BCUT2D eigenvalue weighted by Gasteiger charge is -2.18. The molecule has 1 heterocycles. The molecule has 1 aliphatic rings. The predicted molar refractivity (Wildman–Crippen MR) is 122 cm³/mol. The molecule has 1 aromatic heterocycles. The summed E-state index contributed by atoms with van der Waals surface area (Å²) in [6, 6.07) is 16.2. The number of benzene rings is 2. The van der Waals surface area contributed by atoms with E-state index in [0.29, 0.717) is 18.0 Å². The molecule has 1 aliphatic carbocycles. The Morgan fingerprint density at radius 3 is 2.58 bits per heavy atom. The minimum absolute atomic E-state index is 0.312. The molecule has 2 aromatic carbocycles. The Morgan fingerprint density at radius 2 is 1.84 bits per heavy atom. The van der Waals surface area contributed by atoms with Gasteiger partial charge in [-0.15, -0.1) is 0 Å². The highest BCUT2D eigenvalue weighted by atomic mass is 16.5. The Kier molecular flexibility index (Phi) is 6.08. The molecule has 0 atom stereocenters. The van der Waals surface area contributed by atoms with Crippen molar-refractivity contribution in [3.63, 3.8) is 0 Å². The number of nitrogen functional groups attached to an aromatic ring is 1. The van der Waals surface area contributed by atoms with Crippen LogP contribution in [0.1, 0.15) is 47.2 Å². The molecule has 0 fully saturated rings. The zero-order valence-electron chi connectivity index (χ0n) is 18.1. The van der Waals surface area contributed by atoms with Crippen LogP contribution in [0.3, 0.4) is 0 Å². The van der Waals surface area contributed by atoms with Crippen molar-refractivity contribution < 1.29 is 9.47 Å². The molecule has 0 radical (unpaired) electrons. The zero-order valence-corrected chi connectivity index (χ0v) is 18.1. The van der Waals surface area contributed by atoms with Gasteiger partial charge in [-0.05, 0) is 68.0 Å². The van der Waals surface area contributed by atoms with Crippen LogP contribution in [0.15, 0.2) is 42.5 Å². The van der Waals surface area contributed by atoms with Crippen molar-refractivity contribution in [1.82, 2.24) is 4.98 Å². The number of hydrogen-bond acceptors (Lipinski definition) is 5. The molecule has 0 bridgehead atoms. The summed E-state index contributed by atoms with van der Waals surface area (Å²) < 4.78 is 11.6. The second-order valence-electron chi connectivity index (χ2n) is 7.97. The van der Waals surface area contributed by atoms with Gasteiger partial charge < -0.3 is 15.2 Å². The molecular weight excluding hydrogens is 386 g/mol. The average Bonchev–Trinajstić information content (AvgIpc) is 3.02. The Labute approximate surface area is 183 Å². The number of ether oxygens (including phenoxy) is 2. The smallest absolute Gasteiger partial charge is 0.142 e. The number of fused-ring (bicyclic) bond motifs is 1. The maximum Gasteiger partial charge on any atom is 0.142 e. The lowest BCUT2D eigenvalue weighted by atomic mass is 9.91. The third-order valence-electron chi connectivity index (χ3n) is 5.85. The van der Waals surface area contributed by atoms with E-state index >= 15 is 0 Å². The normalized spacial score (nSPS) is 13.1. The van der Waals surface area contributed by atoms with E-state index in [9.17, 15) is 5.26 Å². The summed E-state index contributed by atoms with van der Waals surface area (Å²) in [5, 5.41) is 9.86. The van der Waals surface area contributed by atoms with Crippen LogP contribution in [0.4, 0.5) is 5.82 Å². The van der Waals surface area contributed by atoms with Crippen molar-refractivity contribution >= 4 is 5.82 Å². The Balaban J connectivity index is 1.76. The summed E-state index contributed by atoms with van der Waals surface area (Å²) in [5.74, 6) is 1.87. The minimum Gasteiger partial charge on any atom is -0.496 e. The fourth-order valence-corrected chi connectivity index (χ4v) is 4.21. The second kappa shape index (κ2) is 9.09. The van der Waals surface area contributed by atoms with Crippen LogP contribution in [0, 0.1) is 18.3 Å². The summed E-state index contributed by atoms with van der Waals surface area (Å²) in [4.78, 5) is 4.58. The molecule has 31 heavy (non-hydrogen) atoms. The molecule has 5 heteroatoms. The van der Waals surface area contributed by atoms with Gasteiger partial charge in [0.05, 0.1) is 7.11 Å². The van der Waals surface area contributed by atoms with Gasteiger partial charge in [-0.1, -0.05) is 30.2 Å². The number of nitrogens with zero attached hydrogens (tertiary/aromatic N) is 2. The maximum absolute atomic E-state index is 9.86.